The number of β-lactam (4-membered cyclic amide) rings is 1. The lowest BCUT2D eigenvalue weighted by Gasteiger charge is -2.49. The van der Waals surface area contributed by atoms with Crippen LogP contribution in [0.4, 0.5) is 9.93 Å². The topological polar surface area (TPSA) is 175 Å². The number of carbonyl (C=O) groups excluding carboxylic acids is 4. The molecule has 4 rings (SSSR count). The first-order valence-corrected chi connectivity index (χ1v) is 17.4. The second kappa shape index (κ2) is 16.3. The number of esters is 1. The molecular weight excluding hydrogens is 645 g/mol. The van der Waals surface area contributed by atoms with Gasteiger partial charge in [0.2, 0.25) is 6.29 Å². The summed E-state index contributed by atoms with van der Waals surface area (Å²) in [7, 11) is 5.25. The zero-order valence-electron chi connectivity index (χ0n) is 25.6. The molecular formula is C28H38N6O8S3. The standard InChI is InChI=1S/C28H38N6O8S3/c1-16(41-28(38)42-18-8-6-5-7-9-18)40-26(37)22-17(10-12-43-13-11-33(2)3)14-44-25-21(24(36)34(22)25)31-23(35)20(32-39-4)19-15-45-27(29)30-19/h10,12,15-16,18,21,25H,5-9,11,13-14H2,1-4H3,(H2,29,30)(H,31,35)/b12-10+,32-20?/t16?,21-,25-/m1/s1. The van der Waals surface area contributed by atoms with E-state index in [9.17, 15) is 19.2 Å². The van der Waals surface area contributed by atoms with Gasteiger partial charge >= 0.3 is 12.1 Å². The number of nitrogens with zero attached hydrogens (tertiary/aromatic N) is 4. The fourth-order valence-electron chi connectivity index (χ4n) is 4.81. The van der Waals surface area contributed by atoms with Crippen LogP contribution in [0.3, 0.4) is 0 Å². The third kappa shape index (κ3) is 9.14. The summed E-state index contributed by atoms with van der Waals surface area (Å²) in [5, 5.41) is 9.51. The number of hydrogen-bond donors (Lipinski definition) is 2. The maximum Gasteiger partial charge on any atom is 0.511 e. The first kappa shape index (κ1) is 34.6. The SMILES string of the molecule is CON=C(C(=O)N[C@@H]1C(=O)N2C(C(=O)OC(C)OC(=O)OC3CCCCC3)=C(/C=C/SCCN(C)C)CS[C@H]12)c1csc(N)n1. The van der Waals surface area contributed by atoms with Crippen LogP contribution in [0, 0.1) is 0 Å². The Morgan fingerprint density at radius 2 is 2.02 bits per heavy atom. The molecule has 0 spiro atoms. The van der Waals surface area contributed by atoms with E-state index in [0.29, 0.717) is 11.3 Å². The molecule has 3 N–H and O–H groups in total. The fraction of sp³-hybridized carbons (Fsp3) is 0.571. The van der Waals surface area contributed by atoms with E-state index in [2.05, 4.69) is 20.4 Å². The van der Waals surface area contributed by atoms with Crippen molar-refractivity contribution in [1.82, 2.24) is 20.1 Å². The molecule has 2 fully saturated rings. The van der Waals surface area contributed by atoms with Crippen LogP contribution in [-0.2, 0) is 33.4 Å². The molecule has 17 heteroatoms. The van der Waals surface area contributed by atoms with Crippen molar-refractivity contribution in [3.8, 4) is 0 Å². The number of nitrogens with one attached hydrogen (secondary N) is 1. The van der Waals surface area contributed by atoms with Crippen molar-refractivity contribution in [2.24, 2.45) is 5.16 Å². The minimum absolute atomic E-state index is 0.0212. The van der Waals surface area contributed by atoms with Crippen LogP contribution in [0.25, 0.3) is 0 Å². The lowest BCUT2D eigenvalue weighted by Crippen LogP contribution is -2.71. The second-order valence-electron chi connectivity index (χ2n) is 10.6. The number of ether oxygens (including phenoxy) is 3. The van der Waals surface area contributed by atoms with Gasteiger partial charge in [-0.15, -0.1) is 34.9 Å². The van der Waals surface area contributed by atoms with E-state index in [1.807, 2.05) is 19.5 Å². The Bertz CT molecular complexity index is 1340. The minimum Gasteiger partial charge on any atom is -0.431 e. The number of anilines is 1. The Kier molecular flexibility index (Phi) is 12.6. The number of amides is 2. The summed E-state index contributed by atoms with van der Waals surface area (Å²) in [6.07, 6.45) is 3.97. The van der Waals surface area contributed by atoms with Crippen molar-refractivity contribution >= 4 is 69.6 Å². The van der Waals surface area contributed by atoms with Gasteiger partial charge in [-0.25, -0.2) is 14.6 Å². The van der Waals surface area contributed by atoms with Crippen molar-refractivity contribution in [1.29, 1.82) is 0 Å². The normalized spacial score (nSPS) is 21.3. The van der Waals surface area contributed by atoms with E-state index < -0.39 is 41.6 Å². The van der Waals surface area contributed by atoms with Gasteiger partial charge in [-0.3, -0.25) is 14.5 Å². The molecule has 14 nitrogen and oxygen atoms in total. The van der Waals surface area contributed by atoms with Crippen molar-refractivity contribution in [3.05, 3.63) is 33.8 Å². The first-order valence-electron chi connectivity index (χ1n) is 14.4. The van der Waals surface area contributed by atoms with Crippen LogP contribution in [-0.4, -0.2) is 107 Å². The highest BCUT2D eigenvalue weighted by Crippen LogP contribution is 2.41. The quantitative estimate of drug-likeness (QED) is 0.0777. The Hall–Kier alpha value is -3.28. The smallest absolute Gasteiger partial charge is 0.431 e. The van der Waals surface area contributed by atoms with Crippen molar-refractivity contribution in [3.63, 3.8) is 0 Å². The number of nitrogens with two attached hydrogens (primary N) is 1. The summed E-state index contributed by atoms with van der Waals surface area (Å²) < 4.78 is 16.0. The van der Waals surface area contributed by atoms with E-state index in [-0.39, 0.29) is 28.3 Å². The lowest BCUT2D eigenvalue weighted by molar-refractivity contribution is -0.169. The van der Waals surface area contributed by atoms with Crippen molar-refractivity contribution in [2.75, 3.05) is 45.0 Å². The molecule has 0 radical (unpaired) electrons. The van der Waals surface area contributed by atoms with Crippen LogP contribution < -0.4 is 11.1 Å². The highest BCUT2D eigenvalue weighted by Gasteiger charge is 2.54. The Balaban J connectivity index is 1.46. The summed E-state index contributed by atoms with van der Waals surface area (Å²) in [5.74, 6) is -0.855. The largest absolute Gasteiger partial charge is 0.511 e. The summed E-state index contributed by atoms with van der Waals surface area (Å²) >= 11 is 4.07. The van der Waals surface area contributed by atoms with Gasteiger partial charge in [0.25, 0.3) is 11.8 Å². The number of thiazole rings is 1. The average molecular weight is 683 g/mol. The molecule has 1 saturated carbocycles. The Labute approximate surface area is 274 Å². The summed E-state index contributed by atoms with van der Waals surface area (Å²) in [4.78, 5) is 64.7. The third-order valence-electron chi connectivity index (χ3n) is 7.01. The second-order valence-corrected chi connectivity index (χ2v) is 13.6. The predicted molar refractivity (Wildman–Crippen MR) is 172 cm³/mol. The highest BCUT2D eigenvalue weighted by molar-refractivity contribution is 8.02. The molecule has 3 heterocycles. The zero-order chi connectivity index (χ0) is 32.5. The van der Waals surface area contributed by atoms with Crippen molar-refractivity contribution in [2.45, 2.75) is 62.8 Å². The molecule has 2 amide bonds. The maximum absolute atomic E-state index is 13.5. The maximum atomic E-state index is 13.5. The number of carbonyl (C=O) groups is 4. The summed E-state index contributed by atoms with van der Waals surface area (Å²) in [6, 6.07) is -0.956. The molecule has 1 aromatic rings. The van der Waals surface area contributed by atoms with Gasteiger partial charge in [-0.1, -0.05) is 11.6 Å². The van der Waals surface area contributed by atoms with Crippen LogP contribution in [0.5, 0.6) is 0 Å². The van der Waals surface area contributed by atoms with E-state index >= 15 is 0 Å². The molecule has 246 valence electrons. The molecule has 45 heavy (non-hydrogen) atoms. The van der Waals surface area contributed by atoms with Crippen LogP contribution in [0.2, 0.25) is 0 Å². The van der Waals surface area contributed by atoms with E-state index in [0.717, 1.165) is 55.7 Å². The summed E-state index contributed by atoms with van der Waals surface area (Å²) in [6.45, 7) is 2.27. The van der Waals surface area contributed by atoms with Gasteiger partial charge in [-0.2, -0.15) is 0 Å². The van der Waals surface area contributed by atoms with Crippen LogP contribution in [0.1, 0.15) is 44.7 Å². The van der Waals surface area contributed by atoms with Crippen LogP contribution in [0.15, 0.2) is 33.3 Å². The Morgan fingerprint density at radius 1 is 1.27 bits per heavy atom. The molecule has 1 aromatic heterocycles. The molecule has 2 aliphatic heterocycles. The molecule has 3 atom stereocenters. The first-order chi connectivity index (χ1) is 21.6. The monoisotopic (exact) mass is 682 g/mol. The summed E-state index contributed by atoms with van der Waals surface area (Å²) in [5.41, 5.74) is 6.36. The predicted octanol–water partition coefficient (Wildman–Crippen LogP) is 2.91. The Morgan fingerprint density at radius 3 is 2.69 bits per heavy atom. The van der Waals surface area contributed by atoms with E-state index in [4.69, 9.17) is 24.8 Å². The van der Waals surface area contributed by atoms with Gasteiger partial charge < -0.3 is 35.0 Å². The molecule has 1 saturated heterocycles. The van der Waals surface area contributed by atoms with Gasteiger partial charge in [0.05, 0.1) is 0 Å². The number of oxime groups is 1. The number of nitrogen functional groups attached to an aromatic ring is 1. The third-order valence-corrected chi connectivity index (χ3v) is 9.73. The molecule has 0 bridgehead atoms. The van der Waals surface area contributed by atoms with Gasteiger partial charge in [0.1, 0.15) is 36.0 Å². The van der Waals surface area contributed by atoms with E-state index in [1.165, 1.54) is 30.7 Å². The number of aromatic nitrogens is 1. The minimum atomic E-state index is -1.26. The lowest BCUT2D eigenvalue weighted by atomic mass is 9.98. The van der Waals surface area contributed by atoms with E-state index in [1.54, 1.807) is 23.2 Å². The van der Waals surface area contributed by atoms with Gasteiger partial charge in [0, 0.05) is 30.4 Å². The number of thioether (sulfide) groups is 2. The number of fused-ring (bicyclic) bond motifs is 1. The molecule has 0 aromatic carbocycles. The van der Waals surface area contributed by atoms with Gasteiger partial charge in [0.15, 0.2) is 10.8 Å². The number of rotatable bonds is 13. The average Bonchev–Trinajstić information content (AvgIpc) is 3.43. The molecule has 1 unspecified atom stereocenters. The fourth-order valence-corrected chi connectivity index (χ4v) is 7.54. The zero-order valence-corrected chi connectivity index (χ0v) is 28.0. The molecule has 1 aliphatic carbocycles. The highest BCUT2D eigenvalue weighted by atomic mass is 32.2. The van der Waals surface area contributed by atoms with Crippen LogP contribution >= 0.6 is 34.9 Å². The number of hydrogen-bond acceptors (Lipinski definition) is 15. The molecule has 3 aliphatic rings. The van der Waals surface area contributed by atoms with Gasteiger partial charge in [-0.05, 0) is 56.8 Å². The van der Waals surface area contributed by atoms with Crippen molar-refractivity contribution < 1.29 is 38.2 Å². The number of allylic oxidation sites excluding steroid dienone is 1.